The van der Waals surface area contributed by atoms with E-state index in [2.05, 4.69) is 10.3 Å². The van der Waals surface area contributed by atoms with Crippen molar-refractivity contribution in [2.24, 2.45) is 0 Å². The van der Waals surface area contributed by atoms with E-state index in [1.807, 2.05) is 61.5 Å². The Kier molecular flexibility index (Phi) is 3.36. The zero-order valence-corrected chi connectivity index (χ0v) is 11.8. The van der Waals surface area contributed by atoms with Crippen LogP contribution in [0.1, 0.15) is 29.0 Å². The molecule has 0 unspecified atom stereocenters. The number of rotatable bonds is 3. The minimum atomic E-state index is -0.137. The summed E-state index contributed by atoms with van der Waals surface area (Å²) in [6.07, 6.45) is 0. The average Bonchev–Trinajstić information content (AvgIpc) is 2.94. The summed E-state index contributed by atoms with van der Waals surface area (Å²) < 4.78 is 0. The maximum Gasteiger partial charge on any atom is 0.268 e. The van der Waals surface area contributed by atoms with E-state index in [0.717, 1.165) is 16.5 Å². The molecule has 0 aliphatic carbocycles. The minimum absolute atomic E-state index is 0.0533. The maximum absolute atomic E-state index is 12.3. The lowest BCUT2D eigenvalue weighted by molar-refractivity contribution is 0.0935. The van der Waals surface area contributed by atoms with Crippen molar-refractivity contribution in [1.82, 2.24) is 10.3 Å². The second kappa shape index (κ2) is 5.32. The van der Waals surface area contributed by atoms with E-state index in [4.69, 9.17) is 5.73 Å². The zero-order valence-electron chi connectivity index (χ0n) is 11.8. The predicted molar refractivity (Wildman–Crippen MR) is 85.0 cm³/mol. The summed E-state index contributed by atoms with van der Waals surface area (Å²) in [6, 6.07) is 17.2. The number of para-hydroxylation sites is 1. The van der Waals surface area contributed by atoms with Gasteiger partial charge in [-0.25, -0.2) is 0 Å². The molecule has 4 heteroatoms. The van der Waals surface area contributed by atoms with Gasteiger partial charge in [0, 0.05) is 5.39 Å². The van der Waals surface area contributed by atoms with Crippen LogP contribution in [0.3, 0.4) is 0 Å². The monoisotopic (exact) mass is 279 g/mol. The molecule has 1 aromatic heterocycles. The van der Waals surface area contributed by atoms with Crippen LogP contribution in [0.25, 0.3) is 10.9 Å². The third kappa shape index (κ3) is 2.60. The fourth-order valence-corrected chi connectivity index (χ4v) is 2.40. The maximum atomic E-state index is 12.3. The van der Waals surface area contributed by atoms with Crippen molar-refractivity contribution >= 4 is 22.5 Å². The van der Waals surface area contributed by atoms with Crippen molar-refractivity contribution in [1.29, 1.82) is 0 Å². The molecule has 0 aliphatic heterocycles. The molecule has 106 valence electrons. The first-order valence-electron chi connectivity index (χ1n) is 6.88. The number of benzene rings is 2. The number of aromatic amines is 1. The first-order chi connectivity index (χ1) is 10.1. The normalized spacial score (nSPS) is 12.2. The van der Waals surface area contributed by atoms with Gasteiger partial charge in [0.1, 0.15) is 5.69 Å². The molecule has 1 atom stereocenters. The summed E-state index contributed by atoms with van der Waals surface area (Å²) in [6.45, 7) is 1.96. The smallest absolute Gasteiger partial charge is 0.268 e. The van der Waals surface area contributed by atoms with Crippen molar-refractivity contribution < 1.29 is 4.79 Å². The number of nitrogens with two attached hydrogens (primary N) is 1. The molecular formula is C17H17N3O. The van der Waals surface area contributed by atoms with Gasteiger partial charge >= 0.3 is 0 Å². The minimum Gasteiger partial charge on any atom is -0.397 e. The molecule has 2 aromatic carbocycles. The number of nitrogen functional groups attached to an aromatic ring is 1. The van der Waals surface area contributed by atoms with Crippen molar-refractivity contribution in [2.45, 2.75) is 13.0 Å². The fourth-order valence-electron chi connectivity index (χ4n) is 2.40. The molecule has 4 N–H and O–H groups in total. The summed E-state index contributed by atoms with van der Waals surface area (Å²) >= 11 is 0. The zero-order chi connectivity index (χ0) is 14.8. The molecule has 21 heavy (non-hydrogen) atoms. The Balaban J connectivity index is 1.82. The molecule has 0 fully saturated rings. The van der Waals surface area contributed by atoms with E-state index in [1.54, 1.807) is 0 Å². The van der Waals surface area contributed by atoms with Gasteiger partial charge in [-0.3, -0.25) is 4.79 Å². The van der Waals surface area contributed by atoms with Crippen LogP contribution in [0.15, 0.2) is 54.6 Å². The Labute approximate surface area is 123 Å². The van der Waals surface area contributed by atoms with Crippen LogP contribution in [0.2, 0.25) is 0 Å². The molecule has 0 spiro atoms. The number of fused-ring (bicyclic) bond motifs is 1. The van der Waals surface area contributed by atoms with Crippen LogP contribution in [0, 0.1) is 0 Å². The molecule has 0 bridgehead atoms. The van der Waals surface area contributed by atoms with Crippen molar-refractivity contribution in [3.05, 3.63) is 65.9 Å². The summed E-state index contributed by atoms with van der Waals surface area (Å²) in [5.74, 6) is -0.137. The number of anilines is 1. The van der Waals surface area contributed by atoms with E-state index in [0.29, 0.717) is 11.4 Å². The molecule has 0 radical (unpaired) electrons. The Bertz CT molecular complexity index is 777. The van der Waals surface area contributed by atoms with Crippen LogP contribution in [0.4, 0.5) is 5.69 Å². The van der Waals surface area contributed by atoms with E-state index in [-0.39, 0.29) is 11.9 Å². The van der Waals surface area contributed by atoms with Gasteiger partial charge in [-0.2, -0.15) is 0 Å². The molecule has 0 saturated heterocycles. The van der Waals surface area contributed by atoms with Crippen molar-refractivity contribution in [3.63, 3.8) is 0 Å². The second-order valence-corrected chi connectivity index (χ2v) is 5.10. The molecule has 3 rings (SSSR count). The van der Waals surface area contributed by atoms with Crippen LogP contribution in [0.5, 0.6) is 0 Å². The number of carbonyl (C=O) groups is 1. The van der Waals surface area contributed by atoms with Crippen molar-refractivity contribution in [2.75, 3.05) is 5.73 Å². The molecule has 1 amide bonds. The Morgan fingerprint density at radius 2 is 1.90 bits per heavy atom. The number of carbonyl (C=O) groups excluding carboxylic acids is 1. The second-order valence-electron chi connectivity index (χ2n) is 5.10. The molecular weight excluding hydrogens is 262 g/mol. The molecule has 4 nitrogen and oxygen atoms in total. The number of hydrogen-bond donors (Lipinski definition) is 3. The fraction of sp³-hybridized carbons (Fsp3) is 0.118. The summed E-state index contributed by atoms with van der Waals surface area (Å²) in [5.41, 5.74) is 8.93. The SMILES string of the molecule is C[C@@H](NC(=O)c1cc2cccc(N)c2[nH]1)c1ccccc1. The van der Waals surface area contributed by atoms with Gasteiger partial charge in [-0.05, 0) is 24.6 Å². The summed E-state index contributed by atoms with van der Waals surface area (Å²) in [4.78, 5) is 15.4. The number of aromatic nitrogens is 1. The van der Waals surface area contributed by atoms with E-state index >= 15 is 0 Å². The van der Waals surface area contributed by atoms with Gasteiger partial charge in [-0.15, -0.1) is 0 Å². The van der Waals surface area contributed by atoms with Crippen LogP contribution >= 0.6 is 0 Å². The predicted octanol–water partition coefficient (Wildman–Crippen LogP) is 3.24. The van der Waals surface area contributed by atoms with E-state index < -0.39 is 0 Å². The highest BCUT2D eigenvalue weighted by Gasteiger charge is 2.14. The number of H-pyrrole nitrogens is 1. The van der Waals surface area contributed by atoms with Crippen molar-refractivity contribution in [3.8, 4) is 0 Å². The molecule has 0 aliphatic rings. The standard InChI is InChI=1S/C17H17N3O/c1-11(12-6-3-2-4-7-12)19-17(21)15-10-13-8-5-9-14(18)16(13)20-15/h2-11,20H,18H2,1H3,(H,19,21)/t11-/m1/s1. The highest BCUT2D eigenvalue weighted by molar-refractivity contribution is 6.00. The topological polar surface area (TPSA) is 70.9 Å². The average molecular weight is 279 g/mol. The van der Waals surface area contributed by atoms with Crippen LogP contribution < -0.4 is 11.1 Å². The van der Waals surface area contributed by atoms with Gasteiger partial charge in [0.25, 0.3) is 5.91 Å². The van der Waals surface area contributed by atoms with Gasteiger partial charge in [-0.1, -0.05) is 42.5 Å². The lowest BCUT2D eigenvalue weighted by Crippen LogP contribution is -2.26. The van der Waals surface area contributed by atoms with Crippen LogP contribution in [-0.2, 0) is 0 Å². The number of amides is 1. The first kappa shape index (κ1) is 13.2. The largest absolute Gasteiger partial charge is 0.397 e. The molecule has 1 heterocycles. The van der Waals surface area contributed by atoms with Gasteiger partial charge in [0.15, 0.2) is 0 Å². The molecule has 3 aromatic rings. The van der Waals surface area contributed by atoms with Gasteiger partial charge in [0.2, 0.25) is 0 Å². The Morgan fingerprint density at radius 3 is 2.62 bits per heavy atom. The third-order valence-corrected chi connectivity index (χ3v) is 3.58. The lowest BCUT2D eigenvalue weighted by Gasteiger charge is -2.13. The number of nitrogens with one attached hydrogen (secondary N) is 2. The summed E-state index contributed by atoms with van der Waals surface area (Å²) in [5, 5.41) is 3.92. The quantitative estimate of drug-likeness (QED) is 0.644. The van der Waals surface area contributed by atoms with Gasteiger partial charge < -0.3 is 16.0 Å². The first-order valence-corrected chi connectivity index (χ1v) is 6.88. The van der Waals surface area contributed by atoms with Gasteiger partial charge in [0.05, 0.1) is 17.2 Å². The van der Waals surface area contributed by atoms with Crippen LogP contribution in [-0.4, -0.2) is 10.9 Å². The Hall–Kier alpha value is -2.75. The third-order valence-electron chi connectivity index (χ3n) is 3.58. The van der Waals surface area contributed by atoms with E-state index in [9.17, 15) is 4.79 Å². The molecule has 0 saturated carbocycles. The Morgan fingerprint density at radius 1 is 1.14 bits per heavy atom. The highest BCUT2D eigenvalue weighted by atomic mass is 16.1. The number of hydrogen-bond acceptors (Lipinski definition) is 2. The highest BCUT2D eigenvalue weighted by Crippen LogP contribution is 2.21. The summed E-state index contributed by atoms with van der Waals surface area (Å²) in [7, 11) is 0. The lowest BCUT2D eigenvalue weighted by atomic mass is 10.1. The van der Waals surface area contributed by atoms with E-state index in [1.165, 1.54) is 0 Å².